The fraction of sp³-hybridized carbons (Fsp3) is 0.320. The van der Waals surface area contributed by atoms with Crippen LogP contribution in [0.5, 0.6) is 0 Å². The van der Waals surface area contributed by atoms with Gasteiger partial charge in [-0.2, -0.15) is 5.10 Å². The molecular weight excluding hydrogens is 388 g/mol. The highest BCUT2D eigenvalue weighted by atomic mass is 16.2. The van der Waals surface area contributed by atoms with E-state index < -0.39 is 0 Å². The van der Waals surface area contributed by atoms with E-state index in [1.54, 1.807) is 4.90 Å². The first kappa shape index (κ1) is 20.8. The molecule has 2 aromatic carbocycles. The predicted molar refractivity (Wildman–Crippen MR) is 121 cm³/mol. The van der Waals surface area contributed by atoms with Crippen molar-refractivity contribution in [3.63, 3.8) is 0 Å². The molecule has 1 unspecified atom stereocenters. The zero-order valence-electron chi connectivity index (χ0n) is 18.0. The highest BCUT2D eigenvalue weighted by molar-refractivity contribution is 5.96. The molecular formula is C25H28N4O2. The monoisotopic (exact) mass is 416 g/mol. The van der Waals surface area contributed by atoms with Crippen molar-refractivity contribution in [2.45, 2.75) is 33.2 Å². The van der Waals surface area contributed by atoms with Crippen molar-refractivity contribution < 1.29 is 9.59 Å². The number of carbonyl (C=O) groups excluding carboxylic acids is 2. The summed E-state index contributed by atoms with van der Waals surface area (Å²) in [6.07, 6.45) is 1.62. The minimum atomic E-state index is -0.207. The van der Waals surface area contributed by atoms with Gasteiger partial charge < -0.3 is 10.2 Å². The van der Waals surface area contributed by atoms with Gasteiger partial charge in [0.1, 0.15) is 0 Å². The molecule has 6 heteroatoms. The van der Waals surface area contributed by atoms with Crippen LogP contribution < -0.4 is 5.32 Å². The van der Waals surface area contributed by atoms with Gasteiger partial charge in [0.05, 0.1) is 18.2 Å². The molecule has 2 amide bonds. The highest BCUT2D eigenvalue weighted by Gasteiger charge is 2.29. The lowest BCUT2D eigenvalue weighted by molar-refractivity contribution is -0.121. The van der Waals surface area contributed by atoms with E-state index in [1.165, 1.54) is 0 Å². The lowest BCUT2D eigenvalue weighted by Crippen LogP contribution is -2.43. The number of hydrogen-bond donors (Lipinski definition) is 1. The Balaban J connectivity index is 1.40. The molecule has 0 spiro atoms. The molecule has 2 heterocycles. The summed E-state index contributed by atoms with van der Waals surface area (Å²) in [5, 5.41) is 7.56. The van der Waals surface area contributed by atoms with E-state index in [9.17, 15) is 9.59 Å². The number of hydrogen-bond acceptors (Lipinski definition) is 3. The van der Waals surface area contributed by atoms with Crippen LogP contribution in [0.3, 0.4) is 0 Å². The van der Waals surface area contributed by atoms with Gasteiger partial charge in [0.15, 0.2) is 0 Å². The van der Waals surface area contributed by atoms with E-state index in [0.29, 0.717) is 25.2 Å². The lowest BCUT2D eigenvalue weighted by atomic mass is 9.96. The molecule has 1 atom stereocenters. The minimum Gasteiger partial charge on any atom is -0.338 e. The Hall–Kier alpha value is -3.41. The number of likely N-dealkylation sites (tertiary alicyclic amines) is 1. The molecule has 1 aliphatic heterocycles. The first-order chi connectivity index (χ1) is 15.0. The number of aromatic nitrogens is 2. The quantitative estimate of drug-likeness (QED) is 0.683. The maximum atomic E-state index is 12.9. The standard InChI is InChI=1S/C25H28N4O2/c1-18-14-19(2)29(27-18)16-20-8-6-12-23(15-20)26-24(30)22-11-7-13-28(17-22)25(31)21-9-4-3-5-10-21/h3-6,8-10,12,14-15,22H,7,11,13,16-17H2,1-2H3,(H,26,30). The van der Waals surface area contributed by atoms with Crippen LogP contribution in [0.25, 0.3) is 0 Å². The summed E-state index contributed by atoms with van der Waals surface area (Å²) < 4.78 is 1.96. The number of nitrogens with zero attached hydrogens (tertiary/aromatic N) is 3. The minimum absolute atomic E-state index is 0.00927. The molecule has 1 fully saturated rings. The van der Waals surface area contributed by atoms with Crippen LogP contribution in [0.1, 0.15) is 40.2 Å². The van der Waals surface area contributed by atoms with Gasteiger partial charge in [0.25, 0.3) is 5.91 Å². The summed E-state index contributed by atoms with van der Waals surface area (Å²) >= 11 is 0. The smallest absolute Gasteiger partial charge is 0.253 e. The second kappa shape index (κ2) is 9.16. The fourth-order valence-electron chi connectivity index (χ4n) is 4.14. The lowest BCUT2D eigenvalue weighted by Gasteiger charge is -2.32. The van der Waals surface area contributed by atoms with Gasteiger partial charge >= 0.3 is 0 Å². The molecule has 0 bridgehead atoms. The molecule has 0 saturated carbocycles. The van der Waals surface area contributed by atoms with Gasteiger partial charge in [-0.1, -0.05) is 30.3 Å². The Bertz CT molecular complexity index is 1070. The SMILES string of the molecule is Cc1cc(C)n(Cc2cccc(NC(=O)C3CCCN(C(=O)c4ccccc4)C3)c2)n1. The maximum absolute atomic E-state index is 12.9. The van der Waals surface area contributed by atoms with Crippen LogP contribution in [0.4, 0.5) is 5.69 Å². The number of anilines is 1. The van der Waals surface area contributed by atoms with Crippen molar-refractivity contribution >= 4 is 17.5 Å². The Morgan fingerprint density at radius 2 is 1.87 bits per heavy atom. The normalized spacial score (nSPS) is 16.2. The third-order valence-corrected chi connectivity index (χ3v) is 5.73. The molecule has 3 aromatic rings. The largest absolute Gasteiger partial charge is 0.338 e. The van der Waals surface area contributed by atoms with E-state index in [4.69, 9.17) is 0 Å². The topological polar surface area (TPSA) is 67.2 Å². The summed E-state index contributed by atoms with van der Waals surface area (Å²) in [5.74, 6) is -0.250. The zero-order chi connectivity index (χ0) is 21.8. The summed E-state index contributed by atoms with van der Waals surface area (Å²) in [6, 6.07) is 19.2. The Kier molecular flexibility index (Phi) is 6.16. The summed E-state index contributed by atoms with van der Waals surface area (Å²) in [5.41, 5.74) is 4.62. The predicted octanol–water partition coefficient (Wildman–Crippen LogP) is 4.04. The molecule has 31 heavy (non-hydrogen) atoms. The average molecular weight is 417 g/mol. The van der Waals surface area contributed by atoms with Crippen molar-refractivity contribution in [2.24, 2.45) is 5.92 Å². The van der Waals surface area contributed by atoms with Gasteiger partial charge in [-0.25, -0.2) is 0 Å². The second-order valence-electron chi connectivity index (χ2n) is 8.23. The van der Waals surface area contributed by atoms with Crippen molar-refractivity contribution in [3.05, 3.63) is 83.2 Å². The van der Waals surface area contributed by atoms with Gasteiger partial charge in [-0.05, 0) is 62.6 Å². The van der Waals surface area contributed by atoms with E-state index in [1.807, 2.05) is 73.1 Å². The molecule has 1 aliphatic rings. The second-order valence-corrected chi connectivity index (χ2v) is 8.23. The van der Waals surface area contributed by atoms with Crippen LogP contribution in [0.2, 0.25) is 0 Å². The number of carbonyl (C=O) groups is 2. The number of piperidine rings is 1. The van der Waals surface area contributed by atoms with E-state index in [0.717, 1.165) is 35.5 Å². The Morgan fingerprint density at radius 3 is 2.61 bits per heavy atom. The Morgan fingerprint density at radius 1 is 1.06 bits per heavy atom. The number of nitrogens with one attached hydrogen (secondary N) is 1. The zero-order valence-corrected chi connectivity index (χ0v) is 18.0. The first-order valence-electron chi connectivity index (χ1n) is 10.7. The third-order valence-electron chi connectivity index (χ3n) is 5.73. The number of rotatable bonds is 5. The maximum Gasteiger partial charge on any atom is 0.253 e. The van der Waals surface area contributed by atoms with Crippen LogP contribution >= 0.6 is 0 Å². The van der Waals surface area contributed by atoms with Crippen LogP contribution in [0.15, 0.2) is 60.7 Å². The number of benzene rings is 2. The summed E-state index contributed by atoms with van der Waals surface area (Å²) in [6.45, 7) is 5.82. The first-order valence-corrected chi connectivity index (χ1v) is 10.7. The molecule has 6 nitrogen and oxygen atoms in total. The van der Waals surface area contributed by atoms with E-state index in [2.05, 4.69) is 16.5 Å². The van der Waals surface area contributed by atoms with Gasteiger partial charge in [-0.15, -0.1) is 0 Å². The summed E-state index contributed by atoms with van der Waals surface area (Å²) in [7, 11) is 0. The van der Waals surface area contributed by atoms with Crippen molar-refractivity contribution in [2.75, 3.05) is 18.4 Å². The van der Waals surface area contributed by atoms with E-state index >= 15 is 0 Å². The van der Waals surface area contributed by atoms with Gasteiger partial charge in [0.2, 0.25) is 5.91 Å². The molecule has 1 N–H and O–H groups in total. The van der Waals surface area contributed by atoms with Crippen LogP contribution in [-0.4, -0.2) is 39.6 Å². The average Bonchev–Trinajstić information content (AvgIpc) is 3.10. The van der Waals surface area contributed by atoms with Crippen LogP contribution in [-0.2, 0) is 11.3 Å². The van der Waals surface area contributed by atoms with Crippen molar-refractivity contribution in [1.82, 2.24) is 14.7 Å². The summed E-state index contributed by atoms with van der Waals surface area (Å²) in [4.78, 5) is 27.5. The number of amides is 2. The van der Waals surface area contributed by atoms with Crippen molar-refractivity contribution in [1.29, 1.82) is 0 Å². The van der Waals surface area contributed by atoms with Gasteiger partial charge in [0, 0.05) is 30.0 Å². The number of aryl methyl sites for hydroxylation is 2. The molecule has 1 saturated heterocycles. The molecule has 4 rings (SSSR count). The molecule has 0 aliphatic carbocycles. The highest BCUT2D eigenvalue weighted by Crippen LogP contribution is 2.21. The Labute approximate surface area is 182 Å². The molecule has 1 aromatic heterocycles. The molecule has 160 valence electrons. The van der Waals surface area contributed by atoms with E-state index in [-0.39, 0.29) is 17.7 Å². The molecule has 0 radical (unpaired) electrons. The third kappa shape index (κ3) is 5.02. The van der Waals surface area contributed by atoms with Crippen LogP contribution in [0, 0.1) is 19.8 Å². The van der Waals surface area contributed by atoms with Crippen molar-refractivity contribution in [3.8, 4) is 0 Å². The fourth-order valence-corrected chi connectivity index (χ4v) is 4.14. The van der Waals surface area contributed by atoms with Gasteiger partial charge in [-0.3, -0.25) is 14.3 Å².